The van der Waals surface area contributed by atoms with Crippen LogP contribution in [0.2, 0.25) is 0 Å². The van der Waals surface area contributed by atoms with Crippen LogP contribution < -0.4 is 0 Å². The van der Waals surface area contributed by atoms with Crippen LogP contribution in [0, 0.1) is 5.41 Å². The maximum Gasteiger partial charge on any atom is 0.0806 e. The van der Waals surface area contributed by atoms with E-state index in [1.54, 1.807) is 0 Å². The fourth-order valence-electron chi connectivity index (χ4n) is 1.55. The van der Waals surface area contributed by atoms with Gasteiger partial charge < -0.3 is 9.47 Å². The van der Waals surface area contributed by atoms with E-state index >= 15 is 0 Å². The number of halogens is 1. The lowest BCUT2D eigenvalue weighted by atomic mass is 9.98. The summed E-state index contributed by atoms with van der Waals surface area (Å²) in [4.78, 5) is 0. The summed E-state index contributed by atoms with van der Waals surface area (Å²) in [5.74, 6) is 0. The molecule has 0 N–H and O–H groups in total. The van der Waals surface area contributed by atoms with E-state index in [-0.39, 0.29) is 11.5 Å². The Hall–Kier alpha value is 0.650. The van der Waals surface area contributed by atoms with Crippen molar-refractivity contribution in [3.05, 3.63) is 0 Å². The highest BCUT2D eigenvalue weighted by Gasteiger charge is 2.17. The van der Waals surface area contributed by atoms with Gasteiger partial charge in [-0.25, -0.2) is 0 Å². The maximum atomic E-state index is 5.93. The highest BCUT2D eigenvalue weighted by molar-refractivity contribution is 14.1. The third-order valence-corrected chi connectivity index (χ3v) is 3.46. The predicted molar refractivity (Wildman–Crippen MR) is 92.2 cm³/mol. The Balaban J connectivity index is 3.87. The third-order valence-electron chi connectivity index (χ3n) is 2.92. The fourth-order valence-corrected chi connectivity index (χ4v) is 1.86. The molecule has 2 atom stereocenters. The van der Waals surface area contributed by atoms with E-state index in [0.717, 1.165) is 26.1 Å². The molecule has 0 fully saturated rings. The van der Waals surface area contributed by atoms with Crippen LogP contribution in [0.15, 0.2) is 0 Å². The predicted octanol–water partition coefficient (Wildman–Crippen LogP) is 5.23. The molecule has 0 saturated heterocycles. The average molecular weight is 384 g/mol. The van der Waals surface area contributed by atoms with E-state index < -0.39 is 0 Å². The molecule has 2 unspecified atom stereocenters. The number of rotatable bonds is 9. The molecule has 19 heavy (non-hydrogen) atoms. The summed E-state index contributed by atoms with van der Waals surface area (Å²) in [5, 5.41) is 0. The third kappa shape index (κ3) is 13.4. The Morgan fingerprint density at radius 3 is 2.05 bits per heavy atom. The van der Waals surface area contributed by atoms with Gasteiger partial charge in [0.25, 0.3) is 0 Å². The number of hydrogen-bond acceptors (Lipinski definition) is 2. The maximum absolute atomic E-state index is 5.93. The van der Waals surface area contributed by atoms with Crippen LogP contribution in [-0.2, 0) is 9.47 Å². The summed E-state index contributed by atoms with van der Waals surface area (Å²) >= 11 is 2.50. The summed E-state index contributed by atoms with van der Waals surface area (Å²) in [6.07, 6.45) is 3.87. The number of ether oxygens (including phenoxy) is 2. The van der Waals surface area contributed by atoms with Gasteiger partial charge in [0.05, 0.1) is 25.4 Å². The average Bonchev–Trinajstić information content (AvgIpc) is 2.24. The van der Waals surface area contributed by atoms with Gasteiger partial charge in [-0.1, -0.05) is 64.1 Å². The molecule has 0 amide bonds. The van der Waals surface area contributed by atoms with Crippen molar-refractivity contribution in [1.29, 1.82) is 0 Å². The van der Waals surface area contributed by atoms with E-state index in [1.165, 1.54) is 6.42 Å². The molecule has 0 heterocycles. The minimum absolute atomic E-state index is 0.226. The molecule has 0 spiro atoms. The van der Waals surface area contributed by atoms with Gasteiger partial charge in [0.2, 0.25) is 0 Å². The first kappa shape index (κ1) is 19.7. The molecule has 116 valence electrons. The fraction of sp³-hybridized carbons (Fsp3) is 1.00. The molecule has 0 bridgehead atoms. The van der Waals surface area contributed by atoms with Crippen LogP contribution in [0.5, 0.6) is 0 Å². The molecule has 2 nitrogen and oxygen atoms in total. The van der Waals surface area contributed by atoms with Crippen molar-refractivity contribution in [2.24, 2.45) is 5.41 Å². The zero-order valence-electron chi connectivity index (χ0n) is 13.9. The van der Waals surface area contributed by atoms with Gasteiger partial charge in [-0.15, -0.1) is 0 Å². The van der Waals surface area contributed by atoms with Gasteiger partial charge in [-0.05, 0) is 31.6 Å². The number of hydrogen-bond donors (Lipinski definition) is 0. The first-order valence-corrected chi connectivity index (χ1v) is 8.53. The molecule has 0 aromatic carbocycles. The van der Waals surface area contributed by atoms with Crippen molar-refractivity contribution in [3.63, 3.8) is 0 Å². The van der Waals surface area contributed by atoms with Crippen molar-refractivity contribution < 1.29 is 9.47 Å². The van der Waals surface area contributed by atoms with Gasteiger partial charge in [0.15, 0.2) is 0 Å². The van der Waals surface area contributed by atoms with Crippen LogP contribution in [0.4, 0.5) is 0 Å². The molecule has 0 saturated carbocycles. The largest absolute Gasteiger partial charge is 0.376 e. The smallest absolute Gasteiger partial charge is 0.0806 e. The van der Waals surface area contributed by atoms with E-state index in [4.69, 9.17) is 9.47 Å². The molecule has 0 aliphatic heterocycles. The SMILES string of the molecule is CCC(COC(C)CCC(C)(C)I)OCC(C)(C)C. The molecule has 0 radical (unpaired) electrons. The van der Waals surface area contributed by atoms with Gasteiger partial charge in [0, 0.05) is 3.42 Å². The molecule has 0 aliphatic carbocycles. The lowest BCUT2D eigenvalue weighted by Gasteiger charge is -2.25. The van der Waals surface area contributed by atoms with E-state index in [2.05, 4.69) is 71.1 Å². The lowest BCUT2D eigenvalue weighted by Crippen LogP contribution is -2.27. The molecule has 0 rings (SSSR count). The summed E-state index contributed by atoms with van der Waals surface area (Å²) in [6, 6.07) is 0. The van der Waals surface area contributed by atoms with Crippen LogP contribution in [0.25, 0.3) is 0 Å². The van der Waals surface area contributed by atoms with Crippen molar-refractivity contribution >= 4 is 22.6 Å². The molecular weight excluding hydrogens is 351 g/mol. The van der Waals surface area contributed by atoms with Crippen LogP contribution in [0.3, 0.4) is 0 Å². The summed E-state index contributed by atoms with van der Waals surface area (Å²) in [7, 11) is 0. The topological polar surface area (TPSA) is 18.5 Å². The molecule has 0 aromatic heterocycles. The highest BCUT2D eigenvalue weighted by Crippen LogP contribution is 2.24. The van der Waals surface area contributed by atoms with Crippen LogP contribution >= 0.6 is 22.6 Å². The van der Waals surface area contributed by atoms with Crippen LogP contribution in [0.1, 0.15) is 67.7 Å². The van der Waals surface area contributed by atoms with Gasteiger partial charge in [-0.3, -0.25) is 0 Å². The summed E-state index contributed by atoms with van der Waals surface area (Å²) < 4.78 is 12.2. The van der Waals surface area contributed by atoms with E-state index in [0.29, 0.717) is 9.53 Å². The molecule has 3 heteroatoms. The first-order chi connectivity index (χ1) is 8.53. The van der Waals surface area contributed by atoms with Crippen molar-refractivity contribution in [3.8, 4) is 0 Å². The zero-order valence-corrected chi connectivity index (χ0v) is 16.0. The van der Waals surface area contributed by atoms with Gasteiger partial charge >= 0.3 is 0 Å². The van der Waals surface area contributed by atoms with Crippen molar-refractivity contribution in [2.75, 3.05) is 13.2 Å². The quantitative estimate of drug-likeness (QED) is 0.401. The zero-order chi connectivity index (χ0) is 15.1. The van der Waals surface area contributed by atoms with E-state index in [9.17, 15) is 0 Å². The molecule has 0 aromatic rings. The normalized spacial score (nSPS) is 16.4. The second-order valence-corrected chi connectivity index (χ2v) is 10.2. The Morgan fingerprint density at radius 1 is 1.05 bits per heavy atom. The van der Waals surface area contributed by atoms with E-state index in [1.807, 2.05) is 0 Å². The van der Waals surface area contributed by atoms with Crippen molar-refractivity contribution in [1.82, 2.24) is 0 Å². The van der Waals surface area contributed by atoms with Crippen LogP contribution in [-0.4, -0.2) is 28.8 Å². The Bertz CT molecular complexity index is 228. The van der Waals surface area contributed by atoms with Gasteiger partial charge in [-0.2, -0.15) is 0 Å². The standard InChI is InChI=1S/C16H33IO2/c1-8-14(19-12-15(3,4)5)11-18-13(2)9-10-16(6,7)17/h13-14H,8-12H2,1-7H3. The lowest BCUT2D eigenvalue weighted by molar-refractivity contribution is -0.0609. The second-order valence-electron chi connectivity index (χ2n) is 7.30. The molecule has 0 aliphatic rings. The Labute approximate surface area is 134 Å². The second kappa shape index (κ2) is 8.83. The Morgan fingerprint density at radius 2 is 1.63 bits per heavy atom. The van der Waals surface area contributed by atoms with Crippen molar-refractivity contribution in [2.45, 2.75) is 83.4 Å². The summed E-state index contributed by atoms with van der Waals surface area (Å²) in [5.41, 5.74) is 0.226. The highest BCUT2D eigenvalue weighted by atomic mass is 127. The molecular formula is C16H33IO2. The first-order valence-electron chi connectivity index (χ1n) is 7.45. The monoisotopic (exact) mass is 384 g/mol. The summed E-state index contributed by atoms with van der Waals surface area (Å²) in [6.45, 7) is 17.0. The van der Waals surface area contributed by atoms with Gasteiger partial charge in [0.1, 0.15) is 0 Å². The Kier molecular flexibility index (Phi) is 9.13. The minimum atomic E-state index is 0.226. The number of alkyl halides is 1. The minimum Gasteiger partial charge on any atom is -0.376 e.